The molecule has 0 saturated heterocycles. The molecule has 0 spiro atoms. The van der Waals surface area contributed by atoms with E-state index in [1.807, 2.05) is 11.9 Å². The van der Waals surface area contributed by atoms with Crippen molar-refractivity contribution >= 4 is 159 Å². The zero-order valence-corrected chi connectivity index (χ0v) is 54.0. The van der Waals surface area contributed by atoms with Gasteiger partial charge < -0.3 is 24.4 Å². The van der Waals surface area contributed by atoms with Crippen LogP contribution in [-0.2, 0) is 35.1 Å². The number of pyridine rings is 1. The second-order valence-electron chi connectivity index (χ2n) is 17.8. The summed E-state index contributed by atoms with van der Waals surface area (Å²) in [4.78, 5) is 60.9. The van der Waals surface area contributed by atoms with Gasteiger partial charge in [0, 0.05) is 38.7 Å². The van der Waals surface area contributed by atoms with Gasteiger partial charge in [-0.3, -0.25) is 24.3 Å². The molecule has 388 valence electrons. The van der Waals surface area contributed by atoms with E-state index < -0.39 is 12.1 Å². The van der Waals surface area contributed by atoms with Gasteiger partial charge in [0.1, 0.15) is 12.6 Å². The van der Waals surface area contributed by atoms with E-state index in [9.17, 15) is 19.2 Å². The summed E-state index contributed by atoms with van der Waals surface area (Å²) in [6.07, 6.45) is 32.9. The van der Waals surface area contributed by atoms with Crippen LogP contribution in [0.2, 0.25) is 0 Å². The second kappa shape index (κ2) is 42.7. The van der Waals surface area contributed by atoms with Crippen molar-refractivity contribution in [1.82, 2.24) is 20.1 Å². The van der Waals surface area contributed by atoms with E-state index >= 15 is 0 Å². The smallest absolute Gasteiger partial charge is 0.338 e. The summed E-state index contributed by atoms with van der Waals surface area (Å²) in [6.45, 7) is 6.40. The third kappa shape index (κ3) is 39.5. The van der Waals surface area contributed by atoms with Gasteiger partial charge in [0.25, 0.3) is 0 Å². The number of nitrogens with one attached hydrogen (secondary N) is 1. The third-order valence-corrected chi connectivity index (χ3v) is 15.1. The number of unbranched alkanes of at least 4 members (excludes halogenated alkanes) is 24. The predicted octanol–water partition coefficient (Wildman–Crippen LogP) is 15.4. The molecule has 0 aromatic carbocycles. The average Bonchev–Trinajstić information content (AvgIpc) is 3.28. The van der Waals surface area contributed by atoms with Gasteiger partial charge >= 0.3 is 17.9 Å². The van der Waals surface area contributed by atoms with Crippen LogP contribution >= 0.6 is 136 Å². The van der Waals surface area contributed by atoms with Gasteiger partial charge in [-0.15, -0.1) is 0 Å². The van der Waals surface area contributed by atoms with Crippen molar-refractivity contribution in [2.45, 2.75) is 205 Å². The van der Waals surface area contributed by atoms with Gasteiger partial charge in [-0.1, -0.05) is 236 Å². The molecule has 0 bridgehead atoms. The number of carbonyl (C=O) groups excluding carboxylic acids is 4. The minimum atomic E-state index is -0.917. The second-order valence-corrected chi connectivity index (χ2v) is 40.4. The molecule has 0 radical (unpaired) electrons. The van der Waals surface area contributed by atoms with Gasteiger partial charge in [-0.05, 0) is 99.8 Å². The van der Waals surface area contributed by atoms with E-state index in [0.717, 1.165) is 45.1 Å². The first-order chi connectivity index (χ1) is 32.1. The summed E-state index contributed by atoms with van der Waals surface area (Å²) >= 11 is 14.2. The summed E-state index contributed by atoms with van der Waals surface area (Å²) < 4.78 is 16.7. The van der Waals surface area contributed by atoms with Crippen LogP contribution in [0.15, 0.2) is 18.3 Å². The largest absolute Gasteiger partial charge is 0.462 e. The van der Waals surface area contributed by atoms with Crippen molar-refractivity contribution in [1.29, 1.82) is 0 Å². The quantitative estimate of drug-likeness (QED) is 0.0168. The molecular weight excluding hydrogens is 1530 g/mol. The maximum atomic E-state index is 13.4. The fraction of sp³-hybridized carbons (Fsp3) is 0.820. The molecule has 1 atom stereocenters. The highest BCUT2D eigenvalue weighted by atomic mass is 127. The number of likely N-dealkylation sites (N-methyl/N-ethyl adjacent to an activating group) is 1. The van der Waals surface area contributed by atoms with Crippen LogP contribution in [0.3, 0.4) is 0 Å². The fourth-order valence-corrected chi connectivity index (χ4v) is 9.42. The third-order valence-electron chi connectivity index (χ3n) is 11.6. The molecule has 1 unspecified atom stereocenters. The summed E-state index contributed by atoms with van der Waals surface area (Å²) in [5.74, 6) is -1.35. The Morgan fingerprint density at radius 2 is 1.07 bits per heavy atom. The molecule has 1 heterocycles. The number of amides is 1. The number of aromatic nitrogens is 1. The Morgan fingerprint density at radius 1 is 0.627 bits per heavy atom. The highest BCUT2D eigenvalue weighted by Gasteiger charge is 2.28. The number of esters is 3. The lowest BCUT2D eigenvalue weighted by atomic mass is 10.0. The SMILES string of the molecule is CCCCCCCCCCCCCCCC(=O)OCC(COC(=O)c1ccnc(CNCC(=O)N(CCN(C)C(I)(I)I)CC(I)(I)I)c1)OC(=O)CCCCCCCCCCCCCCC. The Bertz CT molecular complexity index is 1450. The molecule has 0 aliphatic rings. The summed E-state index contributed by atoms with van der Waals surface area (Å²) in [5.41, 5.74) is 0.857. The molecule has 67 heavy (non-hydrogen) atoms. The lowest BCUT2D eigenvalue weighted by molar-refractivity contribution is -0.161. The van der Waals surface area contributed by atoms with Crippen molar-refractivity contribution < 1.29 is 33.4 Å². The summed E-state index contributed by atoms with van der Waals surface area (Å²) in [6, 6.07) is 3.19. The molecule has 11 nitrogen and oxygen atoms in total. The Balaban J connectivity index is 2.66. The van der Waals surface area contributed by atoms with E-state index in [0.29, 0.717) is 25.2 Å². The van der Waals surface area contributed by atoms with E-state index in [4.69, 9.17) is 14.2 Å². The Kier molecular flexibility index (Phi) is 42.2. The Hall–Kier alpha value is 1.33. The summed E-state index contributed by atoms with van der Waals surface area (Å²) in [5, 5.41) is 3.20. The summed E-state index contributed by atoms with van der Waals surface area (Å²) in [7, 11) is 2.05. The molecule has 1 rings (SSSR count). The number of ether oxygens (including phenoxy) is 3. The first-order valence-corrected chi connectivity index (χ1v) is 31.8. The molecule has 0 aliphatic heterocycles. The lowest BCUT2D eigenvalue weighted by Gasteiger charge is -2.32. The molecule has 0 aliphatic carbocycles. The van der Waals surface area contributed by atoms with Gasteiger partial charge in [0.2, 0.25) is 5.91 Å². The van der Waals surface area contributed by atoms with E-state index in [1.165, 1.54) is 135 Å². The van der Waals surface area contributed by atoms with Gasteiger partial charge in [-0.2, -0.15) is 0 Å². The standard InChI is InChI=1S/C50H84I6N4O7/c1-4-6-8-10-12-14-16-18-20-22-24-26-28-30-46(62)65-39-44(67-47(63)31-29-27-25-23-21-19-17-15-13-11-9-7-5-2)40-66-48(64)42-32-33-58-43(36-42)37-57-38-45(61)60(41-49(51,52)53)35-34-59(3)50(54,55)56/h32-33,36,44,57H,4-31,34-35,37-41H2,1-3H3. The highest BCUT2D eigenvalue weighted by Crippen LogP contribution is 2.38. The molecule has 0 fully saturated rings. The van der Waals surface area contributed by atoms with Crippen LogP contribution in [0.5, 0.6) is 0 Å². The minimum absolute atomic E-state index is 0.0148. The Morgan fingerprint density at radius 3 is 1.54 bits per heavy atom. The van der Waals surface area contributed by atoms with Gasteiger partial charge in [0.05, 0.1) is 24.3 Å². The molecular formula is C50H84I6N4O7. The highest BCUT2D eigenvalue weighted by molar-refractivity contribution is 14.3. The van der Waals surface area contributed by atoms with Crippen molar-refractivity contribution in [2.75, 3.05) is 46.4 Å². The maximum Gasteiger partial charge on any atom is 0.338 e. The molecule has 0 saturated carbocycles. The van der Waals surface area contributed by atoms with E-state index in [-0.39, 0.29) is 55.1 Å². The lowest BCUT2D eigenvalue weighted by Crippen LogP contribution is -2.46. The topological polar surface area (TPSA) is 127 Å². The van der Waals surface area contributed by atoms with Crippen LogP contribution < -0.4 is 5.32 Å². The molecule has 1 N–H and O–H groups in total. The van der Waals surface area contributed by atoms with Crippen molar-refractivity contribution in [2.24, 2.45) is 0 Å². The maximum absolute atomic E-state index is 13.4. The normalized spacial score (nSPS) is 12.3. The van der Waals surface area contributed by atoms with Crippen molar-refractivity contribution in [3.8, 4) is 0 Å². The Labute approximate surface area is 488 Å². The van der Waals surface area contributed by atoms with E-state index in [2.05, 4.69) is 165 Å². The zero-order valence-electron chi connectivity index (χ0n) is 41.0. The van der Waals surface area contributed by atoms with Crippen LogP contribution in [0.4, 0.5) is 0 Å². The number of carbonyl (C=O) groups is 4. The first kappa shape index (κ1) is 66.3. The van der Waals surface area contributed by atoms with E-state index in [1.54, 1.807) is 12.1 Å². The van der Waals surface area contributed by atoms with Gasteiger partial charge in [0.15, 0.2) is 5.66 Å². The fourth-order valence-electron chi connectivity index (χ4n) is 7.46. The zero-order chi connectivity index (χ0) is 49.6. The van der Waals surface area contributed by atoms with Crippen LogP contribution in [0.25, 0.3) is 0 Å². The average molecular weight is 1610 g/mol. The van der Waals surface area contributed by atoms with Crippen LogP contribution in [0.1, 0.15) is 210 Å². The number of nitrogens with zero attached hydrogens (tertiary/aromatic N) is 3. The number of hydrogen-bond donors (Lipinski definition) is 1. The number of alkyl halides is 6. The number of hydrogen-bond acceptors (Lipinski definition) is 10. The predicted molar refractivity (Wildman–Crippen MR) is 326 cm³/mol. The minimum Gasteiger partial charge on any atom is -0.462 e. The first-order valence-electron chi connectivity index (χ1n) is 25.4. The van der Waals surface area contributed by atoms with Crippen LogP contribution in [-0.4, -0.2) is 90.1 Å². The van der Waals surface area contributed by atoms with Crippen molar-refractivity contribution in [3.05, 3.63) is 29.6 Å². The van der Waals surface area contributed by atoms with Crippen LogP contribution in [0, 0.1) is 0 Å². The molecule has 1 aromatic heterocycles. The molecule has 17 heteroatoms. The number of halogens is 6. The van der Waals surface area contributed by atoms with Gasteiger partial charge in [-0.25, -0.2) is 4.79 Å². The molecule has 1 amide bonds. The van der Waals surface area contributed by atoms with Crippen molar-refractivity contribution in [3.63, 3.8) is 0 Å². The molecule has 1 aromatic rings. The monoisotopic (exact) mass is 1610 g/mol. The number of rotatable bonds is 44.